The van der Waals surface area contributed by atoms with E-state index in [4.69, 9.17) is 28.4 Å². The summed E-state index contributed by atoms with van der Waals surface area (Å²) in [4.78, 5) is 13.4. The van der Waals surface area contributed by atoms with Gasteiger partial charge in [0.25, 0.3) is 0 Å². The van der Waals surface area contributed by atoms with E-state index in [0.29, 0.717) is 12.8 Å². The molecular weight excluding hydrogens is 1130 g/mol. The Morgan fingerprint density at radius 1 is 0.409 bits per heavy atom. The van der Waals surface area contributed by atoms with E-state index in [-0.39, 0.29) is 18.9 Å². The summed E-state index contributed by atoms with van der Waals surface area (Å²) in [6.45, 7) is 1.81. The van der Waals surface area contributed by atoms with Crippen LogP contribution in [0.5, 0.6) is 0 Å². The second-order valence-corrected chi connectivity index (χ2v) is 25.3. The number of amides is 1. The van der Waals surface area contributed by atoms with E-state index >= 15 is 0 Å². The molecule has 19 heteroatoms. The smallest absolute Gasteiger partial charge is 0.220 e. The van der Waals surface area contributed by atoms with Gasteiger partial charge in [0.05, 0.1) is 38.6 Å². The predicted molar refractivity (Wildman–Crippen MR) is 342 cm³/mol. The Kier molecular flexibility index (Phi) is 46.9. The molecule has 17 unspecified atom stereocenters. The number of rotatable bonds is 54. The summed E-state index contributed by atoms with van der Waals surface area (Å²) in [6.07, 6.45) is 32.1. The zero-order valence-corrected chi connectivity index (χ0v) is 54.5. The van der Waals surface area contributed by atoms with Crippen LogP contribution in [0.2, 0.25) is 0 Å². The van der Waals surface area contributed by atoms with Gasteiger partial charge in [-0.1, -0.05) is 243 Å². The van der Waals surface area contributed by atoms with Gasteiger partial charge in [0.15, 0.2) is 18.9 Å². The van der Waals surface area contributed by atoms with Crippen LogP contribution >= 0.6 is 0 Å². The van der Waals surface area contributed by atoms with Gasteiger partial charge in [0, 0.05) is 6.42 Å². The highest BCUT2D eigenvalue weighted by Gasteiger charge is 2.53. The highest BCUT2D eigenvalue weighted by molar-refractivity contribution is 5.76. The molecule has 3 fully saturated rings. The predicted octanol–water partition coefficient (Wildman–Crippen LogP) is 9.22. The minimum absolute atomic E-state index is 0.245. The molecule has 0 aromatic carbocycles. The van der Waals surface area contributed by atoms with Gasteiger partial charge < -0.3 is 89.9 Å². The summed E-state index contributed by atoms with van der Waals surface area (Å²) in [7, 11) is 0. The monoisotopic (exact) mass is 1260 g/mol. The van der Waals surface area contributed by atoms with Crippen LogP contribution in [0.3, 0.4) is 0 Å². The number of unbranched alkanes of at least 4 members (excludes halogenated alkanes) is 32. The molecule has 17 atom stereocenters. The molecule has 3 rings (SSSR count). The van der Waals surface area contributed by atoms with Crippen molar-refractivity contribution in [3.8, 4) is 0 Å². The number of carbonyl (C=O) groups is 1. The molecule has 19 nitrogen and oxygen atoms in total. The Morgan fingerprint density at radius 2 is 0.750 bits per heavy atom. The van der Waals surface area contributed by atoms with Crippen LogP contribution in [0.15, 0.2) is 36.5 Å². The maximum absolute atomic E-state index is 13.4. The fourth-order valence-electron chi connectivity index (χ4n) is 12.0. The molecule has 0 radical (unpaired) electrons. The third-order valence-corrected chi connectivity index (χ3v) is 17.7. The van der Waals surface area contributed by atoms with Crippen molar-refractivity contribution in [3.63, 3.8) is 0 Å². The van der Waals surface area contributed by atoms with Crippen LogP contribution in [-0.2, 0) is 33.2 Å². The fraction of sp³-hybridized carbons (Fsp3) is 0.899. The largest absolute Gasteiger partial charge is 0.394 e. The van der Waals surface area contributed by atoms with Crippen molar-refractivity contribution in [1.82, 2.24) is 5.32 Å². The molecule has 3 aliphatic heterocycles. The lowest BCUT2D eigenvalue weighted by Gasteiger charge is -2.48. The van der Waals surface area contributed by atoms with Crippen molar-refractivity contribution in [3.05, 3.63) is 36.5 Å². The molecule has 0 aromatic heterocycles. The highest BCUT2D eigenvalue weighted by Crippen LogP contribution is 2.33. The molecule has 0 bridgehead atoms. The zero-order chi connectivity index (χ0) is 64.0. The third kappa shape index (κ3) is 33.2. The molecule has 3 heterocycles. The Morgan fingerprint density at radius 3 is 1.17 bits per heavy atom. The molecular formula is C69H127NO18. The number of carbonyl (C=O) groups excluding carboxylic acids is 1. The molecule has 0 aromatic rings. The number of aliphatic hydroxyl groups excluding tert-OH is 11. The van der Waals surface area contributed by atoms with Crippen molar-refractivity contribution in [2.24, 2.45) is 0 Å². The van der Waals surface area contributed by atoms with Gasteiger partial charge in [-0.3, -0.25) is 4.79 Å². The van der Waals surface area contributed by atoms with E-state index in [1.54, 1.807) is 0 Å². The van der Waals surface area contributed by atoms with Gasteiger partial charge in [-0.15, -0.1) is 0 Å². The number of aliphatic hydroxyl groups is 11. The summed E-state index contributed by atoms with van der Waals surface area (Å²) in [5.74, 6) is -0.245. The summed E-state index contributed by atoms with van der Waals surface area (Å²) in [5, 5.41) is 121. The van der Waals surface area contributed by atoms with Crippen molar-refractivity contribution in [1.29, 1.82) is 0 Å². The van der Waals surface area contributed by atoms with E-state index in [2.05, 4.69) is 55.6 Å². The number of nitrogens with one attached hydrogen (secondary N) is 1. The molecule has 0 spiro atoms. The number of hydrogen-bond acceptors (Lipinski definition) is 18. The van der Waals surface area contributed by atoms with Crippen LogP contribution in [0.1, 0.15) is 264 Å². The molecule has 12 N–H and O–H groups in total. The Hall–Kier alpha value is -1.99. The van der Waals surface area contributed by atoms with Gasteiger partial charge in [0.1, 0.15) is 73.2 Å². The van der Waals surface area contributed by atoms with E-state index in [9.17, 15) is 61.0 Å². The molecule has 3 saturated heterocycles. The van der Waals surface area contributed by atoms with Crippen molar-refractivity contribution >= 4 is 5.91 Å². The average Bonchev–Trinajstić information content (AvgIpc) is 3.70. The summed E-state index contributed by atoms with van der Waals surface area (Å²) < 4.78 is 34.4. The Balaban J connectivity index is 1.43. The second-order valence-electron chi connectivity index (χ2n) is 25.3. The first-order valence-corrected chi connectivity index (χ1v) is 35.2. The lowest BCUT2D eigenvalue weighted by atomic mass is 9.96. The number of hydrogen-bond donors (Lipinski definition) is 12. The Bertz CT molecular complexity index is 1740. The second kappa shape index (κ2) is 51.4. The zero-order valence-electron chi connectivity index (χ0n) is 54.5. The van der Waals surface area contributed by atoms with Gasteiger partial charge in [-0.2, -0.15) is 0 Å². The Labute approximate surface area is 530 Å². The maximum Gasteiger partial charge on any atom is 0.220 e. The minimum atomic E-state index is -1.97. The lowest BCUT2D eigenvalue weighted by Crippen LogP contribution is -2.66. The SMILES string of the molecule is CCCCCCC/C=C\C/C=C\C/C=C\CCCCCCCCCCCCC(=O)NC(COC1OC(CO)C(OC2OC(CO)C(OC3OC(CO)C(O)C(O)C3O)C(O)C2O)C(O)C1O)C(O)CCCCCCCCCCCCCCCCCCCC. The van der Waals surface area contributed by atoms with Crippen molar-refractivity contribution < 1.29 is 89.4 Å². The van der Waals surface area contributed by atoms with Crippen LogP contribution in [-0.4, -0.2) is 193 Å². The van der Waals surface area contributed by atoms with Crippen LogP contribution in [0.25, 0.3) is 0 Å². The number of ether oxygens (including phenoxy) is 6. The van der Waals surface area contributed by atoms with E-state index in [0.717, 1.165) is 64.2 Å². The highest BCUT2D eigenvalue weighted by atomic mass is 16.8. The van der Waals surface area contributed by atoms with Crippen LogP contribution < -0.4 is 5.32 Å². The topological polar surface area (TPSA) is 307 Å². The van der Waals surface area contributed by atoms with Gasteiger partial charge in [-0.25, -0.2) is 0 Å². The van der Waals surface area contributed by atoms with E-state index in [1.807, 2.05) is 0 Å². The molecule has 88 heavy (non-hydrogen) atoms. The molecule has 0 saturated carbocycles. The first kappa shape index (κ1) is 80.2. The maximum atomic E-state index is 13.4. The van der Waals surface area contributed by atoms with E-state index in [1.165, 1.54) is 167 Å². The minimum Gasteiger partial charge on any atom is -0.394 e. The number of allylic oxidation sites excluding steroid dienone is 6. The van der Waals surface area contributed by atoms with Crippen LogP contribution in [0.4, 0.5) is 0 Å². The van der Waals surface area contributed by atoms with Gasteiger partial charge >= 0.3 is 0 Å². The summed E-state index contributed by atoms with van der Waals surface area (Å²) in [6, 6.07) is -0.890. The quantitative estimate of drug-likeness (QED) is 0.0199. The standard InChI is InChI=1S/C69H127NO18/c1-3-5-7-9-11-13-15-17-19-21-23-24-25-26-27-28-29-31-33-35-37-39-41-43-45-47-57(75)70-52(53(74)46-44-42-40-38-36-34-32-30-22-20-18-16-14-12-10-8-6-4-2)51-83-67-63(81)60(78)65(55(49-72)85-67)88-69-64(82)61(79)66(56(50-73)86-69)87-68-62(80)59(77)58(76)54(48-71)84-68/h15,17,21,23,25-26,52-56,58-69,71-74,76-82H,3-14,16,18-20,22,24,27-51H2,1-2H3,(H,70,75)/b17-15-,23-21-,26-25-. The van der Waals surface area contributed by atoms with Crippen LogP contribution in [0, 0.1) is 0 Å². The average molecular weight is 1260 g/mol. The first-order valence-electron chi connectivity index (χ1n) is 35.2. The third-order valence-electron chi connectivity index (χ3n) is 17.7. The molecule has 1 amide bonds. The molecule has 0 aliphatic carbocycles. The van der Waals surface area contributed by atoms with Gasteiger partial charge in [-0.05, 0) is 51.4 Å². The lowest BCUT2D eigenvalue weighted by molar-refractivity contribution is -0.379. The normalized spacial score (nSPS) is 28.6. The first-order chi connectivity index (χ1) is 42.8. The van der Waals surface area contributed by atoms with Crippen molar-refractivity contribution in [2.75, 3.05) is 26.4 Å². The molecule has 516 valence electrons. The fourth-order valence-corrected chi connectivity index (χ4v) is 12.0. The summed E-state index contributed by atoms with van der Waals surface area (Å²) >= 11 is 0. The van der Waals surface area contributed by atoms with Gasteiger partial charge in [0.2, 0.25) is 5.91 Å². The summed E-state index contributed by atoms with van der Waals surface area (Å²) in [5.41, 5.74) is 0. The van der Waals surface area contributed by atoms with Crippen molar-refractivity contribution in [2.45, 2.75) is 369 Å². The van der Waals surface area contributed by atoms with E-state index < -0.39 is 124 Å². The molecule has 3 aliphatic rings.